The second-order valence-electron chi connectivity index (χ2n) is 8.80. The van der Waals surface area contributed by atoms with Crippen LogP contribution in [0.15, 0.2) is 29.6 Å². The number of thiazole rings is 1. The number of carbonyl (C=O) groups excluding carboxylic acids is 2. The number of fused-ring (bicyclic) bond motifs is 1. The highest BCUT2D eigenvalue weighted by Crippen LogP contribution is 2.24. The molecule has 1 atom stereocenters. The molecular formula is C25H35N3O3S. The van der Waals surface area contributed by atoms with Crippen LogP contribution in [0, 0.1) is 12.8 Å². The number of carbonyl (C=O) groups is 2. The molecule has 0 saturated heterocycles. The number of ether oxygens (including phenoxy) is 1. The van der Waals surface area contributed by atoms with Crippen LogP contribution in [0.5, 0.6) is 5.75 Å². The predicted octanol–water partition coefficient (Wildman–Crippen LogP) is 4.57. The fourth-order valence-electron chi connectivity index (χ4n) is 4.20. The maximum atomic E-state index is 13.4. The van der Waals surface area contributed by atoms with Gasteiger partial charge in [0.25, 0.3) is 5.91 Å². The molecule has 0 radical (unpaired) electrons. The molecular weight excluding hydrogens is 422 g/mol. The molecule has 0 fully saturated rings. The van der Waals surface area contributed by atoms with Crippen LogP contribution in [-0.2, 0) is 11.2 Å². The van der Waals surface area contributed by atoms with E-state index in [9.17, 15) is 9.59 Å². The van der Waals surface area contributed by atoms with Crippen LogP contribution in [0.1, 0.15) is 61.1 Å². The van der Waals surface area contributed by atoms with E-state index in [4.69, 9.17) is 4.74 Å². The third-order valence-corrected chi connectivity index (χ3v) is 6.62. The highest BCUT2D eigenvalue weighted by atomic mass is 32.1. The molecule has 1 aromatic heterocycles. The monoisotopic (exact) mass is 457 g/mol. The second kappa shape index (κ2) is 11.5. The Morgan fingerprint density at radius 1 is 1.25 bits per heavy atom. The Labute approximate surface area is 195 Å². The number of para-hydroxylation sites is 1. The Morgan fingerprint density at radius 2 is 2.00 bits per heavy atom. The van der Waals surface area contributed by atoms with Crippen LogP contribution < -0.4 is 4.74 Å². The largest absolute Gasteiger partial charge is 0.491 e. The van der Waals surface area contributed by atoms with Crippen molar-refractivity contribution < 1.29 is 14.3 Å². The molecule has 0 spiro atoms. The Balaban J connectivity index is 1.88. The molecule has 1 aromatic carbocycles. The van der Waals surface area contributed by atoms with Crippen LogP contribution >= 0.6 is 11.3 Å². The van der Waals surface area contributed by atoms with Crippen molar-refractivity contribution >= 4 is 23.2 Å². The molecule has 0 saturated carbocycles. The van der Waals surface area contributed by atoms with Gasteiger partial charge in [-0.15, -0.1) is 11.3 Å². The van der Waals surface area contributed by atoms with Crippen molar-refractivity contribution in [3.63, 3.8) is 0 Å². The van der Waals surface area contributed by atoms with E-state index in [-0.39, 0.29) is 17.9 Å². The van der Waals surface area contributed by atoms with Crippen LogP contribution in [0.2, 0.25) is 0 Å². The summed E-state index contributed by atoms with van der Waals surface area (Å²) in [7, 11) is 0. The Bertz CT molecular complexity index is 911. The third-order valence-electron chi connectivity index (χ3n) is 5.80. The van der Waals surface area contributed by atoms with Crippen molar-refractivity contribution in [3.8, 4) is 5.75 Å². The predicted molar refractivity (Wildman–Crippen MR) is 128 cm³/mol. The molecule has 1 aliphatic heterocycles. The lowest BCUT2D eigenvalue weighted by molar-refractivity contribution is -0.134. The standard InChI is InChI=1S/C25H35N3O3S/c1-5-27-12-8-9-13-28(24(29)15-20-17-32-19(4)26-20)21(14-18(2)3)16-31-23-11-7-6-10-22(23)25(27)30/h6-7,10-11,17-18,21H,5,8-9,12-16H2,1-4H3/t21-/m0/s1. The number of hydrogen-bond acceptors (Lipinski definition) is 5. The summed E-state index contributed by atoms with van der Waals surface area (Å²) < 4.78 is 6.22. The summed E-state index contributed by atoms with van der Waals surface area (Å²) in [5.41, 5.74) is 1.43. The first-order valence-corrected chi connectivity index (χ1v) is 12.5. The van der Waals surface area contributed by atoms with Crippen molar-refractivity contribution in [2.24, 2.45) is 5.92 Å². The van der Waals surface area contributed by atoms with E-state index in [1.54, 1.807) is 11.3 Å². The van der Waals surface area contributed by atoms with E-state index >= 15 is 0 Å². The van der Waals surface area contributed by atoms with E-state index < -0.39 is 0 Å². The van der Waals surface area contributed by atoms with Gasteiger partial charge in [0.2, 0.25) is 5.91 Å². The SMILES string of the molecule is CCN1CCCCN(C(=O)Cc2csc(C)n2)[C@@H](CC(C)C)COc2ccccc2C1=O. The van der Waals surface area contributed by atoms with E-state index in [1.807, 2.05) is 53.3 Å². The molecule has 174 valence electrons. The molecule has 3 rings (SSSR count). The van der Waals surface area contributed by atoms with Gasteiger partial charge >= 0.3 is 0 Å². The molecule has 1 aliphatic rings. The van der Waals surface area contributed by atoms with Crippen molar-refractivity contribution in [1.82, 2.24) is 14.8 Å². The van der Waals surface area contributed by atoms with Gasteiger partial charge in [-0.2, -0.15) is 0 Å². The Hall–Kier alpha value is -2.41. The first-order chi connectivity index (χ1) is 15.4. The molecule has 7 heteroatoms. The lowest BCUT2D eigenvalue weighted by atomic mass is 10.0. The van der Waals surface area contributed by atoms with Gasteiger partial charge in [-0.25, -0.2) is 4.98 Å². The first kappa shape index (κ1) is 24.2. The zero-order valence-corrected chi connectivity index (χ0v) is 20.5. The summed E-state index contributed by atoms with van der Waals surface area (Å²) in [6.45, 7) is 10.6. The van der Waals surface area contributed by atoms with Gasteiger partial charge in [0.05, 0.1) is 28.7 Å². The van der Waals surface area contributed by atoms with Gasteiger partial charge in [-0.3, -0.25) is 9.59 Å². The zero-order valence-electron chi connectivity index (χ0n) is 19.7. The summed E-state index contributed by atoms with van der Waals surface area (Å²) >= 11 is 1.57. The van der Waals surface area contributed by atoms with Crippen LogP contribution in [-0.4, -0.2) is 58.9 Å². The van der Waals surface area contributed by atoms with Gasteiger partial charge in [0.15, 0.2) is 0 Å². The molecule has 6 nitrogen and oxygen atoms in total. The molecule has 0 unspecified atom stereocenters. The van der Waals surface area contributed by atoms with Crippen LogP contribution in [0.3, 0.4) is 0 Å². The molecule has 0 bridgehead atoms. The molecule has 2 aromatic rings. The van der Waals surface area contributed by atoms with Gasteiger partial charge < -0.3 is 14.5 Å². The quantitative estimate of drug-likeness (QED) is 0.660. The summed E-state index contributed by atoms with van der Waals surface area (Å²) in [6.07, 6.45) is 2.87. The molecule has 2 amide bonds. The van der Waals surface area contributed by atoms with Gasteiger partial charge in [0, 0.05) is 25.0 Å². The van der Waals surface area contributed by atoms with Crippen molar-refractivity contribution in [2.75, 3.05) is 26.2 Å². The van der Waals surface area contributed by atoms with Crippen LogP contribution in [0.25, 0.3) is 0 Å². The number of aromatic nitrogens is 1. The van der Waals surface area contributed by atoms with E-state index in [0.29, 0.717) is 49.9 Å². The van der Waals surface area contributed by atoms with E-state index in [1.165, 1.54) is 0 Å². The highest BCUT2D eigenvalue weighted by molar-refractivity contribution is 7.09. The normalized spacial score (nSPS) is 18.0. The van der Waals surface area contributed by atoms with Crippen molar-refractivity contribution in [3.05, 3.63) is 45.9 Å². The second-order valence-corrected chi connectivity index (χ2v) is 9.87. The number of amides is 2. The van der Waals surface area contributed by atoms with E-state index in [2.05, 4.69) is 18.8 Å². The number of rotatable bonds is 5. The highest BCUT2D eigenvalue weighted by Gasteiger charge is 2.27. The molecule has 0 aliphatic carbocycles. The number of nitrogens with zero attached hydrogens (tertiary/aromatic N) is 3. The Kier molecular flexibility index (Phi) is 8.67. The first-order valence-electron chi connectivity index (χ1n) is 11.6. The minimum atomic E-state index is -0.0490. The summed E-state index contributed by atoms with van der Waals surface area (Å²) in [5.74, 6) is 1.11. The zero-order chi connectivity index (χ0) is 23.1. The summed E-state index contributed by atoms with van der Waals surface area (Å²) in [5, 5.41) is 2.95. The smallest absolute Gasteiger partial charge is 0.257 e. The third kappa shape index (κ3) is 6.31. The lowest BCUT2D eigenvalue weighted by Gasteiger charge is -2.34. The van der Waals surface area contributed by atoms with Crippen molar-refractivity contribution in [2.45, 2.75) is 59.4 Å². The molecule has 0 N–H and O–H groups in total. The van der Waals surface area contributed by atoms with Crippen LogP contribution in [0.4, 0.5) is 0 Å². The minimum Gasteiger partial charge on any atom is -0.491 e. The average Bonchev–Trinajstić information content (AvgIpc) is 3.17. The van der Waals surface area contributed by atoms with Gasteiger partial charge in [-0.05, 0) is 51.2 Å². The number of benzene rings is 1. The van der Waals surface area contributed by atoms with Crippen molar-refractivity contribution in [1.29, 1.82) is 0 Å². The fraction of sp³-hybridized carbons (Fsp3) is 0.560. The number of hydrogen-bond donors (Lipinski definition) is 0. The summed E-state index contributed by atoms with van der Waals surface area (Å²) in [6, 6.07) is 7.39. The number of aryl methyl sites for hydroxylation is 1. The average molecular weight is 458 g/mol. The lowest BCUT2D eigenvalue weighted by Crippen LogP contribution is -2.46. The molecule has 32 heavy (non-hydrogen) atoms. The fourth-order valence-corrected chi connectivity index (χ4v) is 4.81. The van der Waals surface area contributed by atoms with Gasteiger partial charge in [-0.1, -0.05) is 26.0 Å². The summed E-state index contributed by atoms with van der Waals surface area (Å²) in [4.78, 5) is 34.8. The Morgan fingerprint density at radius 3 is 2.69 bits per heavy atom. The maximum absolute atomic E-state index is 13.4. The molecule has 2 heterocycles. The van der Waals surface area contributed by atoms with Gasteiger partial charge in [0.1, 0.15) is 12.4 Å². The van der Waals surface area contributed by atoms with E-state index in [0.717, 1.165) is 30.0 Å². The maximum Gasteiger partial charge on any atom is 0.257 e. The minimum absolute atomic E-state index is 0.0101. The topological polar surface area (TPSA) is 62.7 Å².